The van der Waals surface area contributed by atoms with Crippen molar-refractivity contribution in [2.45, 2.75) is 0 Å². The first kappa shape index (κ1) is 9.72. The number of anilines is 1. The van der Waals surface area contributed by atoms with Gasteiger partial charge in [-0.15, -0.1) is 0 Å². The lowest BCUT2D eigenvalue weighted by Gasteiger charge is -2.05. The molecule has 1 aliphatic rings. The molecule has 0 radical (unpaired) electrons. The molecule has 0 fully saturated rings. The fourth-order valence-electron chi connectivity index (χ4n) is 1.61. The van der Waals surface area contributed by atoms with Crippen molar-refractivity contribution in [1.82, 2.24) is 9.97 Å². The minimum atomic E-state index is 0.708. The molecule has 1 aromatic heterocycles. The van der Waals surface area contributed by atoms with Crippen molar-refractivity contribution in [2.24, 2.45) is 4.99 Å². The summed E-state index contributed by atoms with van der Waals surface area (Å²) in [5, 5.41) is 3.07. The maximum atomic E-state index is 4.48. The van der Waals surface area contributed by atoms with Gasteiger partial charge >= 0.3 is 0 Å². The Labute approximate surface area is 98.8 Å². The first-order valence-electron chi connectivity index (χ1n) is 5.31. The van der Waals surface area contributed by atoms with Crippen LogP contribution in [0.2, 0.25) is 0 Å². The van der Waals surface area contributed by atoms with E-state index in [1.54, 1.807) is 24.8 Å². The number of nitrogens with one attached hydrogen (secondary N) is 1. The van der Waals surface area contributed by atoms with Crippen molar-refractivity contribution in [2.75, 3.05) is 5.32 Å². The lowest BCUT2D eigenvalue weighted by molar-refractivity contribution is 1.17. The summed E-state index contributed by atoms with van der Waals surface area (Å²) in [5.41, 5.74) is 2.66. The molecule has 1 N–H and O–H groups in total. The van der Waals surface area contributed by atoms with Crippen LogP contribution in [0.1, 0.15) is 5.69 Å². The Kier molecular flexibility index (Phi) is 2.38. The quantitative estimate of drug-likeness (QED) is 0.806. The fraction of sp³-hybridized carbons (Fsp3) is 0. The van der Waals surface area contributed by atoms with Crippen LogP contribution in [0.4, 0.5) is 5.69 Å². The standard InChI is InChI=1S/C13H10N4/c1-2-4-10(5-3-1)13-16-9-11-12(17-13)8-14-6-7-15-11/h1-9,15H. The second-order valence-corrected chi connectivity index (χ2v) is 3.60. The smallest absolute Gasteiger partial charge is 0.159 e. The zero-order chi connectivity index (χ0) is 11.5. The van der Waals surface area contributed by atoms with Crippen molar-refractivity contribution >= 4 is 11.9 Å². The highest BCUT2D eigenvalue weighted by molar-refractivity contribution is 5.87. The summed E-state index contributed by atoms with van der Waals surface area (Å²) in [6.45, 7) is 0. The molecular weight excluding hydrogens is 212 g/mol. The van der Waals surface area contributed by atoms with E-state index in [-0.39, 0.29) is 0 Å². The number of fused-ring (bicyclic) bond motifs is 1. The lowest BCUT2D eigenvalue weighted by Crippen LogP contribution is -1.99. The van der Waals surface area contributed by atoms with E-state index in [2.05, 4.69) is 20.3 Å². The van der Waals surface area contributed by atoms with Crippen LogP contribution in [0.5, 0.6) is 0 Å². The molecule has 1 aliphatic heterocycles. The molecule has 0 spiro atoms. The highest BCUT2D eigenvalue weighted by Gasteiger charge is 2.07. The molecule has 4 nitrogen and oxygen atoms in total. The lowest BCUT2D eigenvalue weighted by atomic mass is 10.2. The number of hydrogen-bond donors (Lipinski definition) is 1. The molecule has 3 rings (SSSR count). The van der Waals surface area contributed by atoms with Gasteiger partial charge in [0.05, 0.1) is 18.1 Å². The molecule has 1 aromatic carbocycles. The number of aromatic nitrogens is 2. The predicted molar refractivity (Wildman–Crippen MR) is 67.8 cm³/mol. The third-order valence-electron chi connectivity index (χ3n) is 2.45. The van der Waals surface area contributed by atoms with Crippen LogP contribution in [0.15, 0.2) is 53.9 Å². The Morgan fingerprint density at radius 2 is 1.94 bits per heavy atom. The largest absolute Gasteiger partial charge is 0.357 e. The maximum Gasteiger partial charge on any atom is 0.159 e. The van der Waals surface area contributed by atoms with Crippen molar-refractivity contribution in [3.05, 3.63) is 54.6 Å². The topological polar surface area (TPSA) is 50.2 Å². The van der Waals surface area contributed by atoms with Crippen LogP contribution >= 0.6 is 0 Å². The normalized spacial score (nSPS) is 12.7. The highest BCUT2D eigenvalue weighted by atomic mass is 15.0. The minimum Gasteiger partial charge on any atom is -0.357 e. The molecule has 0 atom stereocenters. The summed E-state index contributed by atoms with van der Waals surface area (Å²) in [6, 6.07) is 9.89. The summed E-state index contributed by atoms with van der Waals surface area (Å²) in [7, 11) is 0. The molecule has 82 valence electrons. The van der Waals surface area contributed by atoms with Crippen LogP contribution in [0.25, 0.3) is 11.4 Å². The Morgan fingerprint density at radius 1 is 1.06 bits per heavy atom. The molecule has 0 bridgehead atoms. The number of rotatable bonds is 1. The molecule has 0 amide bonds. The van der Waals surface area contributed by atoms with Gasteiger partial charge in [0, 0.05) is 18.0 Å². The molecule has 0 aliphatic carbocycles. The van der Waals surface area contributed by atoms with E-state index in [0.717, 1.165) is 16.9 Å². The van der Waals surface area contributed by atoms with Crippen LogP contribution in [0.3, 0.4) is 0 Å². The average Bonchev–Trinajstić information content (AvgIpc) is 2.64. The van der Waals surface area contributed by atoms with Gasteiger partial charge < -0.3 is 5.32 Å². The van der Waals surface area contributed by atoms with Crippen LogP contribution in [-0.4, -0.2) is 16.2 Å². The van der Waals surface area contributed by atoms with Gasteiger partial charge in [-0.25, -0.2) is 9.97 Å². The van der Waals surface area contributed by atoms with Gasteiger partial charge in [-0.1, -0.05) is 30.3 Å². The third-order valence-corrected chi connectivity index (χ3v) is 2.45. The second-order valence-electron chi connectivity index (χ2n) is 3.60. The van der Waals surface area contributed by atoms with Gasteiger partial charge in [0.25, 0.3) is 0 Å². The summed E-state index contributed by atoms with van der Waals surface area (Å²) in [5.74, 6) is 0.708. The van der Waals surface area contributed by atoms with E-state index >= 15 is 0 Å². The van der Waals surface area contributed by atoms with Crippen LogP contribution in [0, 0.1) is 0 Å². The number of benzene rings is 1. The second kappa shape index (κ2) is 4.17. The van der Waals surface area contributed by atoms with Gasteiger partial charge in [0.15, 0.2) is 5.82 Å². The molecule has 2 aromatic rings. The van der Waals surface area contributed by atoms with Crippen molar-refractivity contribution in [3.63, 3.8) is 0 Å². The van der Waals surface area contributed by atoms with Crippen molar-refractivity contribution in [3.8, 4) is 11.4 Å². The highest BCUT2D eigenvalue weighted by Crippen LogP contribution is 2.18. The van der Waals surface area contributed by atoms with Gasteiger partial charge in [-0.05, 0) is 0 Å². The Bertz CT molecular complexity index is 588. The maximum absolute atomic E-state index is 4.48. The first-order valence-corrected chi connectivity index (χ1v) is 5.31. The number of nitrogens with zero attached hydrogens (tertiary/aromatic N) is 3. The molecular formula is C13H10N4. The zero-order valence-corrected chi connectivity index (χ0v) is 9.04. The monoisotopic (exact) mass is 222 g/mol. The molecule has 0 unspecified atom stereocenters. The van der Waals surface area contributed by atoms with E-state index in [1.165, 1.54) is 0 Å². The summed E-state index contributed by atoms with van der Waals surface area (Å²) >= 11 is 0. The molecule has 4 heteroatoms. The number of hydrogen-bond acceptors (Lipinski definition) is 4. The van der Waals surface area contributed by atoms with Gasteiger partial charge in [-0.3, -0.25) is 4.99 Å². The summed E-state index contributed by atoms with van der Waals surface area (Å²) < 4.78 is 0. The third kappa shape index (κ3) is 1.92. The van der Waals surface area contributed by atoms with E-state index in [0.29, 0.717) is 5.82 Å². The van der Waals surface area contributed by atoms with Crippen LogP contribution < -0.4 is 5.32 Å². The Hall–Kier alpha value is -2.49. The van der Waals surface area contributed by atoms with Crippen LogP contribution in [-0.2, 0) is 0 Å². The SMILES string of the molecule is C1=CNc2cnc(-c3ccccc3)nc2C=N1. The minimum absolute atomic E-state index is 0.708. The molecule has 2 heterocycles. The first-order chi connectivity index (χ1) is 8.43. The van der Waals surface area contributed by atoms with E-state index in [9.17, 15) is 0 Å². The summed E-state index contributed by atoms with van der Waals surface area (Å²) in [6.07, 6.45) is 6.93. The van der Waals surface area contributed by atoms with E-state index < -0.39 is 0 Å². The van der Waals surface area contributed by atoms with Gasteiger partial charge in [0.1, 0.15) is 5.69 Å². The van der Waals surface area contributed by atoms with Gasteiger partial charge in [-0.2, -0.15) is 0 Å². The molecule has 0 saturated heterocycles. The summed E-state index contributed by atoms with van der Waals surface area (Å²) in [4.78, 5) is 12.9. The number of aliphatic imine (C=N–C) groups is 1. The Balaban J connectivity index is 2.07. The average molecular weight is 222 g/mol. The fourth-order valence-corrected chi connectivity index (χ4v) is 1.61. The van der Waals surface area contributed by atoms with Crippen molar-refractivity contribution < 1.29 is 0 Å². The van der Waals surface area contributed by atoms with E-state index in [1.807, 2.05) is 30.3 Å². The predicted octanol–water partition coefficient (Wildman–Crippen LogP) is 2.46. The zero-order valence-electron chi connectivity index (χ0n) is 9.04. The van der Waals surface area contributed by atoms with Gasteiger partial charge in [0.2, 0.25) is 0 Å². The van der Waals surface area contributed by atoms with Crippen molar-refractivity contribution in [1.29, 1.82) is 0 Å². The molecule has 0 saturated carbocycles. The van der Waals surface area contributed by atoms with E-state index in [4.69, 9.17) is 0 Å². The Morgan fingerprint density at radius 3 is 2.82 bits per heavy atom. The molecule has 17 heavy (non-hydrogen) atoms.